The van der Waals surface area contributed by atoms with Crippen molar-refractivity contribution in [1.82, 2.24) is 4.98 Å². The lowest BCUT2D eigenvalue weighted by atomic mass is 10.1. The minimum Gasteiger partial charge on any atom is -0.322 e. The summed E-state index contributed by atoms with van der Waals surface area (Å²) in [6, 6.07) is 15.0. The Hall–Kier alpha value is -2.75. The average molecular weight is 266 g/mol. The van der Waals surface area contributed by atoms with Gasteiger partial charge < -0.3 is 5.32 Å². The van der Waals surface area contributed by atoms with Crippen molar-refractivity contribution in [3.8, 4) is 0 Å². The van der Waals surface area contributed by atoms with E-state index in [-0.39, 0.29) is 5.56 Å². The van der Waals surface area contributed by atoms with E-state index in [9.17, 15) is 9.18 Å². The van der Waals surface area contributed by atoms with Crippen LogP contribution in [-0.2, 0) is 0 Å². The fourth-order valence-corrected chi connectivity index (χ4v) is 2.00. The molecule has 2 aromatic carbocycles. The summed E-state index contributed by atoms with van der Waals surface area (Å²) in [5, 5.41) is 3.60. The number of hydrogen-bond donors (Lipinski definition) is 1. The first-order chi connectivity index (χ1) is 9.74. The van der Waals surface area contributed by atoms with Gasteiger partial charge in [-0.05, 0) is 36.4 Å². The topological polar surface area (TPSA) is 42.0 Å². The molecule has 0 aliphatic rings. The van der Waals surface area contributed by atoms with E-state index in [1.54, 1.807) is 30.5 Å². The molecular weight excluding hydrogens is 255 g/mol. The maximum Gasteiger partial charge on any atom is 0.258 e. The van der Waals surface area contributed by atoms with Crippen molar-refractivity contribution in [2.75, 3.05) is 5.32 Å². The van der Waals surface area contributed by atoms with E-state index in [0.29, 0.717) is 5.69 Å². The van der Waals surface area contributed by atoms with E-state index in [4.69, 9.17) is 0 Å². The number of fused-ring (bicyclic) bond motifs is 1. The molecule has 0 saturated heterocycles. The Morgan fingerprint density at radius 3 is 2.75 bits per heavy atom. The van der Waals surface area contributed by atoms with Gasteiger partial charge in [0, 0.05) is 17.3 Å². The molecular formula is C16H11FN2O. The summed E-state index contributed by atoms with van der Waals surface area (Å²) in [4.78, 5) is 16.2. The molecule has 1 heterocycles. The van der Waals surface area contributed by atoms with E-state index in [0.717, 1.165) is 10.9 Å². The lowest BCUT2D eigenvalue weighted by Crippen LogP contribution is -2.13. The predicted molar refractivity (Wildman–Crippen MR) is 76.1 cm³/mol. The SMILES string of the molecule is O=C(Nc1ccc2ncccc2c1)c1ccccc1F. The zero-order valence-corrected chi connectivity index (χ0v) is 10.5. The highest BCUT2D eigenvalue weighted by Gasteiger charge is 2.10. The number of nitrogens with zero attached hydrogens (tertiary/aromatic N) is 1. The van der Waals surface area contributed by atoms with Crippen LogP contribution in [0.25, 0.3) is 10.9 Å². The molecule has 20 heavy (non-hydrogen) atoms. The van der Waals surface area contributed by atoms with Gasteiger partial charge in [-0.3, -0.25) is 9.78 Å². The van der Waals surface area contributed by atoms with Gasteiger partial charge in [0.1, 0.15) is 5.82 Å². The molecule has 1 aromatic heterocycles. The lowest BCUT2D eigenvalue weighted by Gasteiger charge is -2.07. The molecule has 1 N–H and O–H groups in total. The number of carbonyl (C=O) groups excluding carboxylic acids is 1. The van der Waals surface area contributed by atoms with E-state index in [1.807, 2.05) is 18.2 Å². The Labute approximate surface area is 115 Å². The Bertz CT molecular complexity index is 786. The van der Waals surface area contributed by atoms with E-state index in [2.05, 4.69) is 10.3 Å². The minimum absolute atomic E-state index is 0.0267. The number of amides is 1. The second-order valence-corrected chi connectivity index (χ2v) is 4.34. The fraction of sp³-hybridized carbons (Fsp3) is 0. The maximum absolute atomic E-state index is 13.5. The molecule has 0 fully saturated rings. The zero-order valence-electron chi connectivity index (χ0n) is 10.5. The van der Waals surface area contributed by atoms with Gasteiger partial charge in [0.25, 0.3) is 5.91 Å². The third-order valence-electron chi connectivity index (χ3n) is 2.98. The fourth-order valence-electron chi connectivity index (χ4n) is 2.00. The number of nitrogens with one attached hydrogen (secondary N) is 1. The second kappa shape index (κ2) is 5.09. The Morgan fingerprint density at radius 1 is 1.05 bits per heavy atom. The quantitative estimate of drug-likeness (QED) is 0.769. The van der Waals surface area contributed by atoms with E-state index < -0.39 is 11.7 Å². The molecule has 0 aliphatic heterocycles. The molecule has 1 amide bonds. The first kappa shape index (κ1) is 12.3. The van der Waals surface area contributed by atoms with Crippen molar-refractivity contribution in [2.24, 2.45) is 0 Å². The van der Waals surface area contributed by atoms with Gasteiger partial charge in [-0.25, -0.2) is 4.39 Å². The normalized spacial score (nSPS) is 10.4. The summed E-state index contributed by atoms with van der Waals surface area (Å²) in [7, 11) is 0. The van der Waals surface area contributed by atoms with Crippen molar-refractivity contribution in [2.45, 2.75) is 0 Å². The first-order valence-electron chi connectivity index (χ1n) is 6.15. The number of pyridine rings is 1. The van der Waals surface area contributed by atoms with Gasteiger partial charge in [0.15, 0.2) is 0 Å². The van der Waals surface area contributed by atoms with Gasteiger partial charge in [0.2, 0.25) is 0 Å². The standard InChI is InChI=1S/C16H11FN2O/c17-14-6-2-1-5-13(14)16(20)19-12-7-8-15-11(10-12)4-3-9-18-15/h1-10H,(H,19,20). The van der Waals surface area contributed by atoms with Crippen LogP contribution in [0.3, 0.4) is 0 Å². The highest BCUT2D eigenvalue weighted by molar-refractivity contribution is 6.05. The van der Waals surface area contributed by atoms with Crippen LogP contribution in [0.4, 0.5) is 10.1 Å². The molecule has 3 aromatic rings. The summed E-state index contributed by atoms with van der Waals surface area (Å²) in [6.45, 7) is 0. The lowest BCUT2D eigenvalue weighted by molar-refractivity contribution is 0.102. The number of carbonyl (C=O) groups is 1. The van der Waals surface area contributed by atoms with Crippen LogP contribution in [0.1, 0.15) is 10.4 Å². The third kappa shape index (κ3) is 2.36. The predicted octanol–water partition coefficient (Wildman–Crippen LogP) is 3.63. The monoisotopic (exact) mass is 266 g/mol. The number of hydrogen-bond acceptors (Lipinski definition) is 2. The van der Waals surface area contributed by atoms with Crippen LogP contribution in [-0.4, -0.2) is 10.9 Å². The number of halogens is 1. The second-order valence-electron chi connectivity index (χ2n) is 4.34. The van der Waals surface area contributed by atoms with Crippen molar-refractivity contribution in [3.63, 3.8) is 0 Å². The third-order valence-corrected chi connectivity index (χ3v) is 2.98. The molecule has 0 aliphatic carbocycles. The van der Waals surface area contributed by atoms with Crippen LogP contribution in [0.15, 0.2) is 60.8 Å². The summed E-state index contributed by atoms with van der Waals surface area (Å²) in [5.74, 6) is -1.00. The number of aromatic nitrogens is 1. The molecule has 0 bridgehead atoms. The summed E-state index contributed by atoms with van der Waals surface area (Å²) in [5.41, 5.74) is 1.48. The Morgan fingerprint density at radius 2 is 1.90 bits per heavy atom. The van der Waals surface area contributed by atoms with Gasteiger partial charge in [-0.15, -0.1) is 0 Å². The smallest absolute Gasteiger partial charge is 0.258 e. The van der Waals surface area contributed by atoms with Crippen LogP contribution in [0.5, 0.6) is 0 Å². The average Bonchev–Trinajstić information content (AvgIpc) is 2.47. The molecule has 0 unspecified atom stereocenters. The zero-order chi connectivity index (χ0) is 13.9. The molecule has 3 nitrogen and oxygen atoms in total. The van der Waals surface area contributed by atoms with Crippen molar-refractivity contribution >= 4 is 22.5 Å². The molecule has 0 spiro atoms. The van der Waals surface area contributed by atoms with Gasteiger partial charge in [-0.2, -0.15) is 0 Å². The molecule has 98 valence electrons. The largest absolute Gasteiger partial charge is 0.322 e. The summed E-state index contributed by atoms with van der Waals surface area (Å²) >= 11 is 0. The number of benzene rings is 2. The highest BCUT2D eigenvalue weighted by atomic mass is 19.1. The minimum atomic E-state index is -0.535. The van der Waals surface area contributed by atoms with E-state index >= 15 is 0 Å². The van der Waals surface area contributed by atoms with Crippen molar-refractivity contribution in [1.29, 1.82) is 0 Å². The number of anilines is 1. The Balaban J connectivity index is 1.89. The molecule has 4 heteroatoms. The van der Waals surface area contributed by atoms with Gasteiger partial charge in [0.05, 0.1) is 11.1 Å². The first-order valence-corrected chi connectivity index (χ1v) is 6.15. The summed E-state index contributed by atoms with van der Waals surface area (Å²) < 4.78 is 13.5. The van der Waals surface area contributed by atoms with Gasteiger partial charge in [-0.1, -0.05) is 18.2 Å². The van der Waals surface area contributed by atoms with E-state index in [1.165, 1.54) is 12.1 Å². The maximum atomic E-state index is 13.5. The van der Waals surface area contributed by atoms with Crippen LogP contribution in [0.2, 0.25) is 0 Å². The number of rotatable bonds is 2. The van der Waals surface area contributed by atoms with Gasteiger partial charge >= 0.3 is 0 Å². The van der Waals surface area contributed by atoms with Crippen LogP contribution < -0.4 is 5.32 Å². The highest BCUT2D eigenvalue weighted by Crippen LogP contribution is 2.18. The Kier molecular flexibility index (Phi) is 3.13. The summed E-state index contributed by atoms with van der Waals surface area (Å²) in [6.07, 6.45) is 1.71. The van der Waals surface area contributed by atoms with Crippen molar-refractivity contribution < 1.29 is 9.18 Å². The molecule has 0 saturated carbocycles. The van der Waals surface area contributed by atoms with Crippen LogP contribution in [0, 0.1) is 5.82 Å². The molecule has 0 atom stereocenters. The van der Waals surface area contributed by atoms with Crippen LogP contribution >= 0.6 is 0 Å². The van der Waals surface area contributed by atoms with Crippen molar-refractivity contribution in [3.05, 3.63) is 72.2 Å². The molecule has 3 rings (SSSR count). The molecule has 0 radical (unpaired) electrons.